The summed E-state index contributed by atoms with van der Waals surface area (Å²) in [6.07, 6.45) is 3.36. The molecule has 1 atom stereocenters. The molecule has 0 aliphatic carbocycles. The molecular weight excluding hydrogens is 260 g/mol. The number of nitro groups is 1. The Balaban J connectivity index is 2.38. The highest BCUT2D eigenvalue weighted by Gasteiger charge is 2.29. The molecule has 2 rings (SSSR count). The van der Waals surface area contributed by atoms with Crippen LogP contribution in [-0.2, 0) is 7.05 Å². The van der Waals surface area contributed by atoms with Gasteiger partial charge in [-0.1, -0.05) is 13.8 Å². The summed E-state index contributed by atoms with van der Waals surface area (Å²) < 4.78 is 1.51. The van der Waals surface area contributed by atoms with E-state index in [-0.39, 0.29) is 22.6 Å². The highest BCUT2D eigenvalue weighted by Crippen LogP contribution is 2.34. The maximum absolute atomic E-state index is 11.3. The Hall–Kier alpha value is -2.38. The second-order valence-electron chi connectivity index (χ2n) is 4.96. The Kier molecular flexibility index (Phi) is 3.73. The number of H-pyrrole nitrogens is 1. The fraction of sp³-hybridized carbons (Fsp3) is 0.500. The van der Waals surface area contributed by atoms with Crippen molar-refractivity contribution in [1.82, 2.24) is 19.7 Å². The molecule has 2 aromatic rings. The van der Waals surface area contributed by atoms with Gasteiger partial charge in [0.15, 0.2) is 0 Å². The molecule has 8 nitrogen and oxygen atoms in total. The zero-order valence-electron chi connectivity index (χ0n) is 11.9. The third-order valence-electron chi connectivity index (χ3n) is 3.06. The molecule has 0 amide bonds. The van der Waals surface area contributed by atoms with Gasteiger partial charge in [-0.15, -0.1) is 0 Å². The molecule has 108 valence electrons. The molecule has 1 unspecified atom stereocenters. The molecule has 0 saturated heterocycles. The van der Waals surface area contributed by atoms with Gasteiger partial charge >= 0.3 is 5.69 Å². The minimum Gasteiger partial charge on any atom is -0.355 e. The molecule has 2 heterocycles. The summed E-state index contributed by atoms with van der Waals surface area (Å²) in [5.74, 6) is 1.09. The number of anilines is 1. The van der Waals surface area contributed by atoms with Crippen LogP contribution in [0.5, 0.6) is 0 Å². The van der Waals surface area contributed by atoms with E-state index in [0.717, 1.165) is 0 Å². The highest BCUT2D eigenvalue weighted by atomic mass is 16.6. The molecule has 2 N–H and O–H groups in total. The fourth-order valence-electron chi connectivity index (χ4n) is 2.05. The van der Waals surface area contributed by atoms with Crippen molar-refractivity contribution < 1.29 is 4.92 Å². The Morgan fingerprint density at radius 3 is 2.65 bits per heavy atom. The van der Waals surface area contributed by atoms with E-state index < -0.39 is 0 Å². The molecule has 0 aromatic carbocycles. The Morgan fingerprint density at radius 2 is 2.15 bits per heavy atom. The van der Waals surface area contributed by atoms with E-state index in [1.54, 1.807) is 19.4 Å². The molecule has 0 spiro atoms. The van der Waals surface area contributed by atoms with Gasteiger partial charge < -0.3 is 10.3 Å². The van der Waals surface area contributed by atoms with Gasteiger partial charge in [-0.05, 0) is 6.92 Å². The quantitative estimate of drug-likeness (QED) is 0.645. The van der Waals surface area contributed by atoms with E-state index in [1.165, 1.54) is 4.68 Å². The van der Waals surface area contributed by atoms with Crippen molar-refractivity contribution in [2.45, 2.75) is 32.7 Å². The van der Waals surface area contributed by atoms with Crippen molar-refractivity contribution in [3.05, 3.63) is 34.0 Å². The van der Waals surface area contributed by atoms with Crippen LogP contribution < -0.4 is 5.32 Å². The number of nitrogens with zero attached hydrogens (tertiary/aromatic N) is 4. The lowest BCUT2D eigenvalue weighted by Crippen LogP contribution is -2.12. The standard InChI is InChI=1S/C12H18N6O2/c1-7(2)9-10(18(19)20)12(17(4)16-9)15-8(3)11-13-5-6-14-11/h5-8,15H,1-4H3,(H,13,14). The summed E-state index contributed by atoms with van der Waals surface area (Å²) in [5.41, 5.74) is 0.507. The van der Waals surface area contributed by atoms with Crippen LogP contribution >= 0.6 is 0 Å². The minimum atomic E-state index is -0.389. The van der Waals surface area contributed by atoms with Crippen LogP contribution in [0.25, 0.3) is 0 Å². The van der Waals surface area contributed by atoms with Crippen LogP contribution in [-0.4, -0.2) is 24.7 Å². The lowest BCUT2D eigenvalue weighted by atomic mass is 10.1. The summed E-state index contributed by atoms with van der Waals surface area (Å²) in [4.78, 5) is 18.1. The molecule has 0 aliphatic heterocycles. The Labute approximate surface area is 116 Å². The van der Waals surface area contributed by atoms with Crippen LogP contribution in [0.4, 0.5) is 11.5 Å². The van der Waals surface area contributed by atoms with Gasteiger partial charge in [0.25, 0.3) is 0 Å². The number of rotatable bonds is 5. The molecule has 0 aliphatic rings. The van der Waals surface area contributed by atoms with Crippen molar-refractivity contribution in [3.8, 4) is 0 Å². The van der Waals surface area contributed by atoms with E-state index in [0.29, 0.717) is 17.3 Å². The topological polar surface area (TPSA) is 102 Å². The summed E-state index contributed by atoms with van der Waals surface area (Å²) in [6, 6.07) is -0.181. The third-order valence-corrected chi connectivity index (χ3v) is 3.06. The van der Waals surface area contributed by atoms with E-state index >= 15 is 0 Å². The average Bonchev–Trinajstić information content (AvgIpc) is 2.97. The van der Waals surface area contributed by atoms with Gasteiger partial charge in [0.2, 0.25) is 5.82 Å². The van der Waals surface area contributed by atoms with Gasteiger partial charge in [-0.25, -0.2) is 9.67 Å². The predicted molar refractivity (Wildman–Crippen MR) is 74.6 cm³/mol. The molecule has 0 radical (unpaired) electrons. The Morgan fingerprint density at radius 1 is 1.45 bits per heavy atom. The van der Waals surface area contributed by atoms with E-state index in [4.69, 9.17) is 0 Å². The summed E-state index contributed by atoms with van der Waals surface area (Å²) in [7, 11) is 1.69. The SMILES string of the molecule is CC(C)c1nn(C)c(NC(C)c2ncc[nH]2)c1[N+](=O)[O-]. The first-order valence-electron chi connectivity index (χ1n) is 6.39. The summed E-state index contributed by atoms with van der Waals surface area (Å²) >= 11 is 0. The average molecular weight is 278 g/mol. The van der Waals surface area contributed by atoms with E-state index in [1.807, 2.05) is 20.8 Å². The smallest absolute Gasteiger partial charge is 0.334 e. The second-order valence-corrected chi connectivity index (χ2v) is 4.96. The van der Waals surface area contributed by atoms with Crippen molar-refractivity contribution in [1.29, 1.82) is 0 Å². The number of imidazole rings is 1. The molecular formula is C12H18N6O2. The van der Waals surface area contributed by atoms with Crippen LogP contribution in [0.2, 0.25) is 0 Å². The van der Waals surface area contributed by atoms with E-state index in [9.17, 15) is 10.1 Å². The lowest BCUT2D eigenvalue weighted by molar-refractivity contribution is -0.384. The van der Waals surface area contributed by atoms with Crippen molar-refractivity contribution in [2.75, 3.05) is 5.32 Å². The van der Waals surface area contributed by atoms with E-state index in [2.05, 4.69) is 20.4 Å². The van der Waals surface area contributed by atoms with Crippen LogP contribution in [0, 0.1) is 10.1 Å². The molecule has 0 bridgehead atoms. The predicted octanol–water partition coefficient (Wildman–Crippen LogP) is 2.35. The van der Waals surface area contributed by atoms with Crippen LogP contribution in [0.3, 0.4) is 0 Å². The highest BCUT2D eigenvalue weighted by molar-refractivity contribution is 5.61. The summed E-state index contributed by atoms with van der Waals surface area (Å²) in [6.45, 7) is 5.65. The van der Waals surface area contributed by atoms with Gasteiger partial charge in [0, 0.05) is 25.4 Å². The van der Waals surface area contributed by atoms with Crippen molar-refractivity contribution in [3.63, 3.8) is 0 Å². The number of hydrogen-bond acceptors (Lipinski definition) is 5. The van der Waals surface area contributed by atoms with Crippen LogP contribution in [0.1, 0.15) is 44.2 Å². The first-order valence-corrected chi connectivity index (χ1v) is 6.39. The monoisotopic (exact) mass is 278 g/mol. The largest absolute Gasteiger partial charge is 0.355 e. The zero-order chi connectivity index (χ0) is 14.9. The van der Waals surface area contributed by atoms with Gasteiger partial charge in [-0.2, -0.15) is 5.10 Å². The normalized spacial score (nSPS) is 12.7. The molecule has 2 aromatic heterocycles. The first-order chi connectivity index (χ1) is 9.41. The molecule has 20 heavy (non-hydrogen) atoms. The fourth-order valence-corrected chi connectivity index (χ4v) is 2.05. The van der Waals surface area contributed by atoms with Crippen molar-refractivity contribution >= 4 is 11.5 Å². The van der Waals surface area contributed by atoms with Gasteiger partial charge in [0.1, 0.15) is 11.5 Å². The van der Waals surface area contributed by atoms with Crippen molar-refractivity contribution in [2.24, 2.45) is 7.05 Å². The number of hydrogen-bond donors (Lipinski definition) is 2. The first kappa shape index (κ1) is 14.0. The Bertz CT molecular complexity index is 602. The van der Waals surface area contributed by atoms with Gasteiger partial charge in [-0.3, -0.25) is 10.1 Å². The van der Waals surface area contributed by atoms with Crippen LogP contribution in [0.15, 0.2) is 12.4 Å². The zero-order valence-corrected chi connectivity index (χ0v) is 11.9. The molecule has 0 saturated carbocycles. The number of nitrogens with one attached hydrogen (secondary N) is 2. The number of aromatic nitrogens is 4. The second kappa shape index (κ2) is 5.32. The minimum absolute atomic E-state index is 0.0175. The maximum Gasteiger partial charge on any atom is 0.334 e. The lowest BCUT2D eigenvalue weighted by Gasteiger charge is -2.12. The number of aromatic amines is 1. The molecule has 0 fully saturated rings. The number of aryl methyl sites for hydroxylation is 1. The third kappa shape index (κ3) is 2.49. The van der Waals surface area contributed by atoms with Gasteiger partial charge in [0.05, 0.1) is 11.0 Å². The molecule has 8 heteroatoms. The maximum atomic E-state index is 11.3. The summed E-state index contributed by atoms with van der Waals surface area (Å²) in [5, 5.41) is 18.7.